The maximum absolute atomic E-state index is 12.4. The zero-order chi connectivity index (χ0) is 25.1. The van der Waals surface area contributed by atoms with Crippen LogP contribution in [0.15, 0.2) is 103 Å². The maximum Gasteiger partial charge on any atom is 0.519 e. The number of phenolic OH excluding ortho intramolecular Hbond substituents is 1. The smallest absolute Gasteiger partial charge is 0.508 e. The predicted octanol–water partition coefficient (Wildman–Crippen LogP) is 7.62. The van der Waals surface area contributed by atoms with Crippen molar-refractivity contribution in [3.05, 3.63) is 125 Å². The molecule has 0 atom stereocenters. The Labute approximate surface area is 206 Å². The average Bonchev–Trinajstić information content (AvgIpc) is 2.85. The number of benzene rings is 4. The monoisotopic (exact) mass is 466 g/mol. The highest BCUT2D eigenvalue weighted by atomic mass is 16.7. The number of phenols is 1. The van der Waals surface area contributed by atoms with Gasteiger partial charge in [0, 0.05) is 10.8 Å². The number of carbonyl (C=O) groups excluding carboxylic acids is 1. The zero-order valence-electron chi connectivity index (χ0n) is 20.5. The Kier molecular flexibility index (Phi) is 6.65. The van der Waals surface area contributed by atoms with Crippen LogP contribution in [-0.4, -0.2) is 11.3 Å². The van der Waals surface area contributed by atoms with Gasteiger partial charge < -0.3 is 14.6 Å². The van der Waals surface area contributed by atoms with E-state index >= 15 is 0 Å². The summed E-state index contributed by atoms with van der Waals surface area (Å²) in [7, 11) is 0. The third-order valence-electron chi connectivity index (χ3n) is 6.64. The molecule has 0 fully saturated rings. The Balaban J connectivity index is 1.39. The van der Waals surface area contributed by atoms with Crippen LogP contribution in [0, 0.1) is 0 Å². The first-order chi connectivity index (χ1) is 16.7. The van der Waals surface area contributed by atoms with E-state index in [-0.39, 0.29) is 16.6 Å². The van der Waals surface area contributed by atoms with E-state index in [0.717, 1.165) is 16.7 Å². The molecule has 0 saturated heterocycles. The molecular formula is C31H30O4. The van der Waals surface area contributed by atoms with Crippen molar-refractivity contribution in [2.24, 2.45) is 0 Å². The highest BCUT2D eigenvalue weighted by Crippen LogP contribution is 2.34. The van der Waals surface area contributed by atoms with Crippen LogP contribution in [-0.2, 0) is 10.8 Å². The van der Waals surface area contributed by atoms with Crippen molar-refractivity contribution in [1.29, 1.82) is 0 Å². The summed E-state index contributed by atoms with van der Waals surface area (Å²) in [5.41, 5.74) is 4.02. The van der Waals surface area contributed by atoms with Crippen LogP contribution in [0.5, 0.6) is 17.2 Å². The van der Waals surface area contributed by atoms with Gasteiger partial charge in [0.25, 0.3) is 0 Å². The number of hydrogen-bond acceptors (Lipinski definition) is 4. The summed E-state index contributed by atoms with van der Waals surface area (Å²) in [6, 6.07) is 32.3. The minimum Gasteiger partial charge on any atom is -0.508 e. The lowest BCUT2D eigenvalue weighted by Gasteiger charge is -2.26. The summed E-state index contributed by atoms with van der Waals surface area (Å²) >= 11 is 0. The maximum atomic E-state index is 12.4. The van der Waals surface area contributed by atoms with Crippen molar-refractivity contribution >= 4 is 6.16 Å². The van der Waals surface area contributed by atoms with Gasteiger partial charge in [-0.05, 0) is 58.7 Å². The molecule has 0 saturated carbocycles. The molecule has 0 aromatic heterocycles. The molecule has 0 aliphatic heterocycles. The number of aromatic hydroxyl groups is 1. The first-order valence-corrected chi connectivity index (χ1v) is 11.6. The second kappa shape index (κ2) is 9.67. The van der Waals surface area contributed by atoms with Crippen molar-refractivity contribution in [1.82, 2.24) is 0 Å². The highest BCUT2D eigenvalue weighted by molar-refractivity contribution is 5.67. The summed E-state index contributed by atoms with van der Waals surface area (Å²) in [6.07, 6.45) is -0.786. The fraction of sp³-hybridized carbons (Fsp3) is 0.194. The van der Waals surface area contributed by atoms with Gasteiger partial charge in [-0.25, -0.2) is 4.79 Å². The van der Waals surface area contributed by atoms with E-state index in [4.69, 9.17) is 9.47 Å². The minimum atomic E-state index is -0.786. The summed E-state index contributed by atoms with van der Waals surface area (Å²) in [5, 5.41) is 9.56. The van der Waals surface area contributed by atoms with Gasteiger partial charge in [-0.3, -0.25) is 0 Å². The van der Waals surface area contributed by atoms with Crippen molar-refractivity contribution in [2.75, 3.05) is 0 Å². The molecule has 0 bridgehead atoms. The summed E-state index contributed by atoms with van der Waals surface area (Å²) in [6.45, 7) is 8.54. The Morgan fingerprint density at radius 2 is 0.886 bits per heavy atom. The molecule has 4 nitrogen and oxygen atoms in total. The fourth-order valence-electron chi connectivity index (χ4n) is 4.16. The third-order valence-corrected chi connectivity index (χ3v) is 6.64. The summed E-state index contributed by atoms with van der Waals surface area (Å²) < 4.78 is 10.8. The van der Waals surface area contributed by atoms with Crippen LogP contribution in [0.1, 0.15) is 49.9 Å². The largest absolute Gasteiger partial charge is 0.519 e. The Morgan fingerprint density at radius 1 is 0.543 bits per heavy atom. The second-order valence-corrected chi connectivity index (χ2v) is 9.67. The molecule has 0 spiro atoms. The predicted molar refractivity (Wildman–Crippen MR) is 138 cm³/mol. The van der Waals surface area contributed by atoms with E-state index in [2.05, 4.69) is 39.8 Å². The third kappa shape index (κ3) is 5.38. The lowest BCUT2D eigenvalue weighted by molar-refractivity contribution is 0.152. The first-order valence-electron chi connectivity index (χ1n) is 11.6. The van der Waals surface area contributed by atoms with E-state index in [1.807, 2.05) is 54.6 Å². The van der Waals surface area contributed by atoms with Gasteiger partial charge in [0.05, 0.1) is 0 Å². The number of rotatable bonds is 6. The molecule has 4 aromatic carbocycles. The molecule has 0 amide bonds. The minimum absolute atomic E-state index is 0.171. The van der Waals surface area contributed by atoms with Gasteiger partial charge in [0.2, 0.25) is 0 Å². The average molecular weight is 467 g/mol. The van der Waals surface area contributed by atoms with Crippen molar-refractivity contribution in [2.45, 2.75) is 38.5 Å². The molecule has 4 aromatic rings. The van der Waals surface area contributed by atoms with Crippen LogP contribution in [0.3, 0.4) is 0 Å². The molecule has 0 unspecified atom stereocenters. The van der Waals surface area contributed by atoms with Gasteiger partial charge in [-0.15, -0.1) is 0 Å². The molecule has 0 aliphatic carbocycles. The topological polar surface area (TPSA) is 55.8 Å². The van der Waals surface area contributed by atoms with E-state index in [1.54, 1.807) is 36.4 Å². The molecule has 1 N–H and O–H groups in total. The number of carbonyl (C=O) groups is 1. The van der Waals surface area contributed by atoms with Crippen LogP contribution in [0.25, 0.3) is 0 Å². The zero-order valence-corrected chi connectivity index (χ0v) is 20.5. The van der Waals surface area contributed by atoms with Gasteiger partial charge in [0.1, 0.15) is 17.2 Å². The van der Waals surface area contributed by atoms with E-state index in [9.17, 15) is 9.90 Å². The lowest BCUT2D eigenvalue weighted by Crippen LogP contribution is -2.19. The fourth-order valence-corrected chi connectivity index (χ4v) is 4.16. The van der Waals surface area contributed by atoms with E-state index in [0.29, 0.717) is 11.5 Å². The van der Waals surface area contributed by atoms with E-state index in [1.165, 1.54) is 5.56 Å². The molecule has 0 heterocycles. The molecule has 178 valence electrons. The normalized spacial score (nSPS) is 11.7. The van der Waals surface area contributed by atoms with Crippen LogP contribution < -0.4 is 9.47 Å². The van der Waals surface area contributed by atoms with Crippen molar-refractivity contribution in [3.8, 4) is 17.2 Å². The van der Waals surface area contributed by atoms with E-state index < -0.39 is 6.16 Å². The SMILES string of the molecule is CC(C)(c1ccccc1)c1ccc(OC(=O)Oc2ccc(C(C)(C)c3ccc(O)cc3)cc2)cc1. The number of hydrogen-bond donors (Lipinski definition) is 1. The van der Waals surface area contributed by atoms with Crippen molar-refractivity contribution < 1.29 is 19.4 Å². The highest BCUT2D eigenvalue weighted by Gasteiger charge is 2.24. The Bertz CT molecular complexity index is 1270. The van der Waals surface area contributed by atoms with Gasteiger partial charge in [-0.1, -0.05) is 94.4 Å². The summed E-state index contributed by atoms with van der Waals surface area (Å²) in [4.78, 5) is 12.4. The van der Waals surface area contributed by atoms with Crippen LogP contribution >= 0.6 is 0 Å². The van der Waals surface area contributed by atoms with Gasteiger partial charge in [-0.2, -0.15) is 0 Å². The lowest BCUT2D eigenvalue weighted by atomic mass is 9.78. The summed E-state index contributed by atoms with van der Waals surface area (Å²) in [5.74, 6) is 1.07. The number of ether oxygens (including phenoxy) is 2. The molecule has 4 rings (SSSR count). The van der Waals surface area contributed by atoms with Gasteiger partial charge >= 0.3 is 6.16 Å². The molecule has 4 heteroatoms. The van der Waals surface area contributed by atoms with Gasteiger partial charge in [0.15, 0.2) is 0 Å². The molecule has 0 radical (unpaired) electrons. The van der Waals surface area contributed by atoms with Crippen molar-refractivity contribution in [3.63, 3.8) is 0 Å². The Hall–Kier alpha value is -4.05. The second-order valence-electron chi connectivity index (χ2n) is 9.67. The quantitative estimate of drug-likeness (QED) is 0.234. The first kappa shape index (κ1) is 24.1. The van der Waals surface area contributed by atoms with Crippen LogP contribution in [0.4, 0.5) is 4.79 Å². The standard InChI is InChI=1S/C31H30O4/c1-30(2,22-8-6-5-7-9-22)24-12-18-27(19-13-24)34-29(33)35-28-20-14-25(15-21-28)31(3,4)23-10-16-26(32)17-11-23/h5-21,32H,1-4H3. The van der Waals surface area contributed by atoms with Crippen LogP contribution in [0.2, 0.25) is 0 Å². The molecule has 35 heavy (non-hydrogen) atoms. The molecular weight excluding hydrogens is 436 g/mol. The Morgan fingerprint density at radius 3 is 1.29 bits per heavy atom. The molecule has 0 aliphatic rings.